The number of aliphatic carboxylic acids is 1. The minimum Gasteiger partial charge on any atom is -0.481 e. The third-order valence-corrected chi connectivity index (χ3v) is 3.14. The van der Waals surface area contributed by atoms with Gasteiger partial charge in [0, 0.05) is 18.0 Å². The van der Waals surface area contributed by atoms with Gasteiger partial charge in [0.15, 0.2) is 5.16 Å². The third kappa shape index (κ3) is 1.52. The van der Waals surface area contributed by atoms with Gasteiger partial charge in [-0.3, -0.25) is 14.2 Å². The Hall–Kier alpha value is -1.30. The van der Waals surface area contributed by atoms with Crippen LogP contribution in [0.5, 0.6) is 0 Å². The Labute approximate surface area is 83.8 Å². The number of rotatable bonds is 2. The normalized spacial score (nSPS) is 19.3. The maximum atomic E-state index is 11.4. The summed E-state index contributed by atoms with van der Waals surface area (Å²) in [5.74, 6) is -0.280. The minimum absolute atomic E-state index is 0.0222. The predicted octanol–water partition coefficient (Wildman–Crippen LogP) is 0.365. The highest BCUT2D eigenvalue weighted by Gasteiger charge is 2.26. The molecule has 0 amide bonds. The van der Waals surface area contributed by atoms with Gasteiger partial charge in [-0.15, -0.1) is 0 Å². The van der Waals surface area contributed by atoms with E-state index < -0.39 is 5.97 Å². The molecule has 1 aromatic heterocycles. The van der Waals surface area contributed by atoms with Gasteiger partial charge in [0.1, 0.15) is 0 Å². The fourth-order valence-electron chi connectivity index (χ4n) is 1.44. The van der Waals surface area contributed by atoms with Crippen molar-refractivity contribution >= 4 is 17.7 Å². The number of fused-ring (bicyclic) bond motifs is 1. The second-order valence-electron chi connectivity index (χ2n) is 3.00. The fraction of sp³-hybridized carbons (Fsp3) is 0.375. The zero-order valence-corrected chi connectivity index (χ0v) is 8.03. The molecule has 1 atom stereocenters. The lowest BCUT2D eigenvalue weighted by atomic mass is 10.2. The summed E-state index contributed by atoms with van der Waals surface area (Å²) in [6.07, 6.45) is 1.43. The number of nitrogens with zero attached hydrogens (tertiary/aromatic N) is 2. The number of carbonyl (C=O) groups is 1. The highest BCUT2D eigenvalue weighted by Crippen LogP contribution is 2.31. The Morgan fingerprint density at radius 1 is 1.79 bits per heavy atom. The average Bonchev–Trinajstić information content (AvgIpc) is 2.49. The summed E-state index contributed by atoms with van der Waals surface area (Å²) in [6, 6.07) is 1.10. The molecule has 0 spiro atoms. The number of hydrogen-bond acceptors (Lipinski definition) is 4. The molecule has 74 valence electrons. The molecule has 5 nitrogen and oxygen atoms in total. The van der Waals surface area contributed by atoms with Crippen molar-refractivity contribution in [2.24, 2.45) is 0 Å². The predicted molar refractivity (Wildman–Crippen MR) is 50.5 cm³/mol. The summed E-state index contributed by atoms with van der Waals surface area (Å²) in [4.78, 5) is 26.0. The van der Waals surface area contributed by atoms with E-state index in [1.165, 1.54) is 28.6 Å². The number of carboxylic acid groups (broad SMARTS) is 1. The molecule has 0 fully saturated rings. The van der Waals surface area contributed by atoms with Crippen LogP contribution in [0, 0.1) is 0 Å². The molecule has 0 saturated heterocycles. The van der Waals surface area contributed by atoms with Gasteiger partial charge >= 0.3 is 5.97 Å². The molecule has 0 bridgehead atoms. The molecule has 2 rings (SSSR count). The van der Waals surface area contributed by atoms with Crippen molar-refractivity contribution in [3.63, 3.8) is 0 Å². The average molecular weight is 212 g/mol. The SMILES string of the molecule is O=C(O)C[C@H]1CSc2nccc(=O)n21. The van der Waals surface area contributed by atoms with E-state index in [4.69, 9.17) is 5.11 Å². The van der Waals surface area contributed by atoms with Crippen LogP contribution >= 0.6 is 11.8 Å². The van der Waals surface area contributed by atoms with Crippen molar-refractivity contribution in [1.29, 1.82) is 0 Å². The smallest absolute Gasteiger partial charge is 0.305 e. The standard InChI is InChI=1S/C8H8N2O3S/c11-6-1-2-9-8-10(6)5(4-14-8)3-7(12)13/h1-2,5H,3-4H2,(H,12,13)/t5-/m0/s1. The fourth-order valence-corrected chi connectivity index (χ4v) is 2.56. The minimum atomic E-state index is -0.890. The lowest BCUT2D eigenvalue weighted by Crippen LogP contribution is -2.24. The lowest BCUT2D eigenvalue weighted by Gasteiger charge is -2.09. The Morgan fingerprint density at radius 3 is 3.29 bits per heavy atom. The van der Waals surface area contributed by atoms with Crippen LogP contribution in [0.15, 0.2) is 22.2 Å². The van der Waals surface area contributed by atoms with Crippen LogP contribution in [-0.4, -0.2) is 26.4 Å². The quantitative estimate of drug-likeness (QED) is 0.717. The van der Waals surface area contributed by atoms with Crippen molar-refractivity contribution in [3.8, 4) is 0 Å². The van der Waals surface area contributed by atoms with Crippen molar-refractivity contribution in [2.45, 2.75) is 17.6 Å². The molecule has 0 aliphatic carbocycles. The zero-order chi connectivity index (χ0) is 10.1. The summed E-state index contributed by atoms with van der Waals surface area (Å²) < 4.78 is 1.46. The zero-order valence-electron chi connectivity index (χ0n) is 7.21. The maximum Gasteiger partial charge on any atom is 0.305 e. The third-order valence-electron chi connectivity index (χ3n) is 2.03. The van der Waals surface area contributed by atoms with Crippen molar-refractivity contribution in [1.82, 2.24) is 9.55 Å². The molecule has 6 heteroatoms. The van der Waals surface area contributed by atoms with E-state index in [2.05, 4.69) is 4.98 Å². The van der Waals surface area contributed by atoms with Gasteiger partial charge in [-0.25, -0.2) is 4.98 Å². The molecule has 1 aliphatic rings. The number of hydrogen-bond donors (Lipinski definition) is 1. The summed E-state index contributed by atoms with van der Waals surface area (Å²) in [6.45, 7) is 0. The van der Waals surface area contributed by atoms with Crippen LogP contribution in [0.2, 0.25) is 0 Å². The van der Waals surface area contributed by atoms with Gasteiger partial charge in [0.25, 0.3) is 5.56 Å². The first-order valence-corrected chi connectivity index (χ1v) is 5.09. The van der Waals surface area contributed by atoms with Crippen LogP contribution < -0.4 is 5.56 Å². The first-order valence-electron chi connectivity index (χ1n) is 4.10. The van der Waals surface area contributed by atoms with E-state index in [0.29, 0.717) is 10.9 Å². The molecular weight excluding hydrogens is 204 g/mol. The number of aromatic nitrogens is 2. The van der Waals surface area contributed by atoms with Crippen LogP contribution in [0.25, 0.3) is 0 Å². The van der Waals surface area contributed by atoms with E-state index in [9.17, 15) is 9.59 Å². The van der Waals surface area contributed by atoms with E-state index in [0.717, 1.165) is 0 Å². The lowest BCUT2D eigenvalue weighted by molar-refractivity contribution is -0.137. The Kier molecular flexibility index (Phi) is 2.28. The maximum absolute atomic E-state index is 11.4. The van der Waals surface area contributed by atoms with Crippen LogP contribution in [0.3, 0.4) is 0 Å². The van der Waals surface area contributed by atoms with E-state index >= 15 is 0 Å². The second-order valence-corrected chi connectivity index (χ2v) is 3.99. The Balaban J connectivity index is 2.38. The molecule has 1 N–H and O–H groups in total. The molecule has 0 aromatic carbocycles. The highest BCUT2D eigenvalue weighted by atomic mass is 32.2. The Morgan fingerprint density at radius 2 is 2.57 bits per heavy atom. The van der Waals surface area contributed by atoms with Crippen LogP contribution in [0.1, 0.15) is 12.5 Å². The first kappa shape index (κ1) is 9.26. The van der Waals surface area contributed by atoms with E-state index in [-0.39, 0.29) is 18.0 Å². The second kappa shape index (κ2) is 3.45. The highest BCUT2D eigenvalue weighted by molar-refractivity contribution is 7.99. The first-order chi connectivity index (χ1) is 6.68. The van der Waals surface area contributed by atoms with Crippen molar-refractivity contribution in [3.05, 3.63) is 22.6 Å². The molecule has 0 unspecified atom stereocenters. The summed E-state index contributed by atoms with van der Waals surface area (Å²) in [5, 5.41) is 9.26. The van der Waals surface area contributed by atoms with Gasteiger partial charge in [-0.2, -0.15) is 0 Å². The van der Waals surface area contributed by atoms with Gasteiger partial charge in [0.05, 0.1) is 12.5 Å². The van der Waals surface area contributed by atoms with E-state index in [1.54, 1.807) is 0 Å². The molecule has 1 aliphatic heterocycles. The summed E-state index contributed by atoms with van der Waals surface area (Å²) in [7, 11) is 0. The monoisotopic (exact) mass is 212 g/mol. The molecule has 14 heavy (non-hydrogen) atoms. The number of carboxylic acids is 1. The molecule has 0 radical (unpaired) electrons. The molecule has 0 saturated carbocycles. The Bertz CT molecular complexity index is 429. The summed E-state index contributed by atoms with van der Waals surface area (Å²) >= 11 is 1.42. The summed E-state index contributed by atoms with van der Waals surface area (Å²) in [5.41, 5.74) is -0.175. The van der Waals surface area contributed by atoms with E-state index in [1.807, 2.05) is 0 Å². The van der Waals surface area contributed by atoms with Gasteiger partial charge in [0.2, 0.25) is 0 Å². The van der Waals surface area contributed by atoms with Gasteiger partial charge < -0.3 is 5.11 Å². The molecular formula is C8H8N2O3S. The van der Waals surface area contributed by atoms with Gasteiger partial charge in [-0.05, 0) is 0 Å². The van der Waals surface area contributed by atoms with Gasteiger partial charge in [-0.1, -0.05) is 11.8 Å². The largest absolute Gasteiger partial charge is 0.481 e. The van der Waals surface area contributed by atoms with Crippen molar-refractivity contribution < 1.29 is 9.90 Å². The van der Waals surface area contributed by atoms with Crippen LogP contribution in [0.4, 0.5) is 0 Å². The topological polar surface area (TPSA) is 72.2 Å². The molecule has 2 heterocycles. The number of thioether (sulfide) groups is 1. The van der Waals surface area contributed by atoms with Crippen molar-refractivity contribution in [2.75, 3.05) is 5.75 Å². The van der Waals surface area contributed by atoms with Crippen LogP contribution in [-0.2, 0) is 4.79 Å². The molecule has 1 aromatic rings.